The van der Waals surface area contributed by atoms with Crippen LogP contribution in [0.4, 0.5) is 5.69 Å². The number of anilines is 1. The van der Waals surface area contributed by atoms with Crippen LogP contribution in [0.2, 0.25) is 5.02 Å². The summed E-state index contributed by atoms with van der Waals surface area (Å²) in [6.45, 7) is 0.428. The first kappa shape index (κ1) is 12.2. The van der Waals surface area contributed by atoms with E-state index in [0.29, 0.717) is 21.7 Å². The highest BCUT2D eigenvalue weighted by atomic mass is 79.9. The number of nitrogens with zero attached hydrogens (tertiary/aromatic N) is 1. The smallest absolute Gasteiger partial charge is 0.265 e. The molecule has 5 heteroatoms. The molecule has 1 heterocycles. The Balaban J connectivity index is 2.38. The molecule has 3 nitrogen and oxygen atoms in total. The van der Waals surface area contributed by atoms with Gasteiger partial charge in [-0.3, -0.25) is 4.79 Å². The van der Waals surface area contributed by atoms with Gasteiger partial charge in [0.05, 0.1) is 11.0 Å². The molecule has 0 unspecified atom stereocenters. The molecule has 2 N–H and O–H groups in total. The van der Waals surface area contributed by atoms with E-state index >= 15 is 0 Å². The van der Waals surface area contributed by atoms with Crippen molar-refractivity contribution in [2.45, 2.75) is 6.54 Å². The summed E-state index contributed by atoms with van der Waals surface area (Å²) in [5, 5.41) is 0.567. The van der Waals surface area contributed by atoms with Gasteiger partial charge >= 0.3 is 0 Å². The van der Waals surface area contributed by atoms with E-state index in [1.165, 1.54) is 0 Å². The van der Waals surface area contributed by atoms with E-state index in [1.807, 2.05) is 6.07 Å². The maximum Gasteiger partial charge on any atom is 0.265 e. The van der Waals surface area contributed by atoms with Crippen LogP contribution >= 0.6 is 27.5 Å². The Kier molecular flexibility index (Phi) is 3.54. The summed E-state index contributed by atoms with van der Waals surface area (Å²) in [6.07, 6.45) is 1.72. The highest BCUT2D eigenvalue weighted by molar-refractivity contribution is 9.10. The lowest BCUT2D eigenvalue weighted by Gasteiger charge is -2.08. The van der Waals surface area contributed by atoms with Crippen molar-refractivity contribution in [1.29, 1.82) is 0 Å². The summed E-state index contributed by atoms with van der Waals surface area (Å²) < 4.78 is 2.12. The Morgan fingerprint density at radius 2 is 2.12 bits per heavy atom. The summed E-state index contributed by atoms with van der Waals surface area (Å²) in [5.74, 6) is 0. The van der Waals surface area contributed by atoms with Crippen molar-refractivity contribution in [2.75, 3.05) is 5.73 Å². The summed E-state index contributed by atoms with van der Waals surface area (Å²) in [7, 11) is 0. The van der Waals surface area contributed by atoms with E-state index in [1.54, 1.807) is 35.0 Å². The van der Waals surface area contributed by atoms with Gasteiger partial charge in [0.15, 0.2) is 0 Å². The topological polar surface area (TPSA) is 48.0 Å². The molecule has 2 aromatic rings. The first-order valence-corrected chi connectivity index (χ1v) is 6.14. The number of nitrogens with two attached hydrogens (primary N) is 1. The molecule has 1 aromatic carbocycles. The number of hydrogen-bond donors (Lipinski definition) is 1. The third-order valence-corrected chi connectivity index (χ3v) is 3.35. The van der Waals surface area contributed by atoms with Crippen molar-refractivity contribution in [3.8, 4) is 0 Å². The summed E-state index contributed by atoms with van der Waals surface area (Å²) in [4.78, 5) is 11.8. The van der Waals surface area contributed by atoms with Crippen LogP contribution < -0.4 is 11.3 Å². The molecule has 0 atom stereocenters. The molecule has 2 rings (SSSR count). The molecule has 0 saturated carbocycles. The third-order valence-electron chi connectivity index (χ3n) is 2.39. The van der Waals surface area contributed by atoms with Gasteiger partial charge in [0, 0.05) is 16.9 Å². The zero-order chi connectivity index (χ0) is 12.4. The van der Waals surface area contributed by atoms with Crippen LogP contribution in [0.5, 0.6) is 0 Å². The molecular formula is C12H10BrClN2O. The van der Waals surface area contributed by atoms with Crippen LogP contribution in [0.1, 0.15) is 5.56 Å². The average Bonchev–Trinajstić information content (AvgIpc) is 2.28. The van der Waals surface area contributed by atoms with Crippen molar-refractivity contribution in [1.82, 2.24) is 4.57 Å². The summed E-state index contributed by atoms with van der Waals surface area (Å²) in [5.41, 5.74) is 7.00. The van der Waals surface area contributed by atoms with Crippen molar-refractivity contribution in [3.63, 3.8) is 0 Å². The van der Waals surface area contributed by atoms with Crippen molar-refractivity contribution in [2.24, 2.45) is 0 Å². The van der Waals surface area contributed by atoms with Gasteiger partial charge in [-0.15, -0.1) is 0 Å². The quantitative estimate of drug-likeness (QED) is 0.867. The second-order valence-corrected chi connectivity index (χ2v) is 4.90. The Morgan fingerprint density at radius 1 is 1.35 bits per heavy atom. The molecule has 0 amide bonds. The number of halogens is 2. The number of rotatable bonds is 2. The van der Waals surface area contributed by atoms with E-state index in [4.69, 9.17) is 17.3 Å². The van der Waals surface area contributed by atoms with Crippen molar-refractivity contribution < 1.29 is 0 Å². The fourth-order valence-electron chi connectivity index (χ4n) is 1.51. The molecule has 0 saturated heterocycles. The molecule has 1 aromatic heterocycles. The monoisotopic (exact) mass is 312 g/mol. The van der Waals surface area contributed by atoms with E-state index in [9.17, 15) is 4.79 Å². The molecule has 0 bridgehead atoms. The Labute approximate surface area is 112 Å². The maximum atomic E-state index is 11.8. The number of aromatic nitrogens is 1. The van der Waals surface area contributed by atoms with Gasteiger partial charge in [-0.25, -0.2) is 0 Å². The number of hydrogen-bond acceptors (Lipinski definition) is 2. The van der Waals surface area contributed by atoms with Crippen LogP contribution in [-0.2, 0) is 6.54 Å². The Bertz CT molecular complexity index is 610. The van der Waals surface area contributed by atoms with Gasteiger partial charge in [-0.05, 0) is 45.8 Å². The predicted molar refractivity (Wildman–Crippen MR) is 73.4 cm³/mol. The summed E-state index contributed by atoms with van der Waals surface area (Å²) in [6, 6.07) is 8.79. The molecule has 88 valence electrons. The molecule has 0 aliphatic carbocycles. The van der Waals surface area contributed by atoms with Gasteiger partial charge in [0.25, 0.3) is 5.56 Å². The minimum Gasteiger partial charge on any atom is -0.399 e. The molecule has 0 radical (unpaired) electrons. The molecule has 0 aliphatic rings. The standard InChI is InChI=1S/C12H10BrClN2O/c13-10-2-1-5-16(12(10)17)7-8-3-4-9(15)6-11(8)14/h1-6H,7,15H2. The molecule has 0 spiro atoms. The molecule has 0 aliphatic heterocycles. The van der Waals surface area contributed by atoms with Gasteiger partial charge in [0.2, 0.25) is 0 Å². The van der Waals surface area contributed by atoms with E-state index < -0.39 is 0 Å². The maximum absolute atomic E-state index is 11.8. The molecular weight excluding hydrogens is 304 g/mol. The number of pyridine rings is 1. The Morgan fingerprint density at radius 3 is 2.82 bits per heavy atom. The van der Waals surface area contributed by atoms with Crippen LogP contribution in [-0.4, -0.2) is 4.57 Å². The highest BCUT2D eigenvalue weighted by Gasteiger charge is 2.04. The SMILES string of the molecule is Nc1ccc(Cn2cccc(Br)c2=O)c(Cl)c1. The zero-order valence-electron chi connectivity index (χ0n) is 8.86. The summed E-state index contributed by atoms with van der Waals surface area (Å²) >= 11 is 9.27. The highest BCUT2D eigenvalue weighted by Crippen LogP contribution is 2.19. The van der Waals surface area contributed by atoms with E-state index in [0.717, 1.165) is 5.56 Å². The van der Waals surface area contributed by atoms with Gasteiger partial charge < -0.3 is 10.3 Å². The predicted octanol–water partition coefficient (Wildman–Crippen LogP) is 2.89. The van der Waals surface area contributed by atoms with Gasteiger partial charge in [-0.2, -0.15) is 0 Å². The number of nitrogen functional groups attached to an aromatic ring is 1. The average molecular weight is 314 g/mol. The second kappa shape index (κ2) is 4.94. The van der Waals surface area contributed by atoms with Crippen molar-refractivity contribution >= 4 is 33.2 Å². The van der Waals surface area contributed by atoms with Crippen LogP contribution in [0, 0.1) is 0 Å². The second-order valence-electron chi connectivity index (χ2n) is 3.64. The molecule has 17 heavy (non-hydrogen) atoms. The fraction of sp³-hybridized carbons (Fsp3) is 0.0833. The zero-order valence-corrected chi connectivity index (χ0v) is 11.2. The first-order valence-electron chi connectivity index (χ1n) is 4.97. The minimum atomic E-state index is -0.0830. The van der Waals surface area contributed by atoms with Gasteiger partial charge in [-0.1, -0.05) is 17.7 Å². The van der Waals surface area contributed by atoms with Gasteiger partial charge in [0.1, 0.15) is 0 Å². The van der Waals surface area contributed by atoms with Crippen LogP contribution in [0.3, 0.4) is 0 Å². The van der Waals surface area contributed by atoms with E-state index in [-0.39, 0.29) is 5.56 Å². The largest absolute Gasteiger partial charge is 0.399 e. The normalized spacial score (nSPS) is 10.5. The Hall–Kier alpha value is -1.26. The third kappa shape index (κ3) is 2.70. The van der Waals surface area contributed by atoms with Crippen molar-refractivity contribution in [3.05, 3.63) is 61.9 Å². The van der Waals surface area contributed by atoms with Crippen LogP contribution in [0.15, 0.2) is 45.8 Å². The van der Waals surface area contributed by atoms with E-state index in [2.05, 4.69) is 15.9 Å². The van der Waals surface area contributed by atoms with Crippen LogP contribution in [0.25, 0.3) is 0 Å². The number of benzene rings is 1. The lowest BCUT2D eigenvalue weighted by Crippen LogP contribution is -2.20. The first-order chi connectivity index (χ1) is 8.08. The lowest BCUT2D eigenvalue weighted by molar-refractivity contribution is 0.755. The molecule has 0 fully saturated rings. The fourth-order valence-corrected chi connectivity index (χ4v) is 2.14. The minimum absolute atomic E-state index is 0.0830. The lowest BCUT2D eigenvalue weighted by atomic mass is 10.2.